The van der Waals surface area contributed by atoms with E-state index in [-0.39, 0.29) is 11.7 Å². The summed E-state index contributed by atoms with van der Waals surface area (Å²) in [5.74, 6) is 0.221. The van der Waals surface area contributed by atoms with Gasteiger partial charge < -0.3 is 10.6 Å². The average Bonchev–Trinajstić information content (AvgIpc) is 2.38. The number of carbonyl (C=O) groups is 1. The third-order valence-electron chi connectivity index (χ3n) is 3.77. The molecule has 0 radical (unpaired) electrons. The van der Waals surface area contributed by atoms with Gasteiger partial charge in [-0.2, -0.15) is 0 Å². The van der Waals surface area contributed by atoms with Crippen LogP contribution in [0.15, 0.2) is 18.2 Å². The maximum Gasteiger partial charge on any atom is 0.253 e. The first-order chi connectivity index (χ1) is 9.10. The Kier molecular flexibility index (Phi) is 4.53. The first-order valence-electron chi connectivity index (χ1n) is 6.86. The molecule has 19 heavy (non-hydrogen) atoms. The van der Waals surface area contributed by atoms with E-state index in [1.807, 2.05) is 4.90 Å². The lowest BCUT2D eigenvalue weighted by atomic mass is 9.93. The van der Waals surface area contributed by atoms with Crippen LogP contribution in [0.1, 0.15) is 35.2 Å². The van der Waals surface area contributed by atoms with Gasteiger partial charge >= 0.3 is 0 Å². The number of carbonyl (C=O) groups excluding carboxylic acids is 1. The molecule has 1 aliphatic rings. The fraction of sp³-hybridized carbons (Fsp3) is 0.533. The van der Waals surface area contributed by atoms with Crippen LogP contribution in [-0.2, 0) is 0 Å². The SMILES string of the molecule is Cc1cc(F)cc(C(=O)N2CCC(CCN)CC2)c1. The molecule has 0 saturated carbocycles. The Hall–Kier alpha value is -1.42. The lowest BCUT2D eigenvalue weighted by Crippen LogP contribution is -2.38. The first kappa shape index (κ1) is 14.0. The predicted molar refractivity (Wildman–Crippen MR) is 73.4 cm³/mol. The maximum absolute atomic E-state index is 13.3. The number of hydrogen-bond acceptors (Lipinski definition) is 2. The number of likely N-dealkylation sites (tertiary alicyclic amines) is 1. The highest BCUT2D eigenvalue weighted by Crippen LogP contribution is 2.21. The van der Waals surface area contributed by atoms with Crippen molar-refractivity contribution in [3.05, 3.63) is 35.1 Å². The van der Waals surface area contributed by atoms with Crippen molar-refractivity contribution in [2.24, 2.45) is 11.7 Å². The zero-order valence-corrected chi connectivity index (χ0v) is 11.4. The highest BCUT2D eigenvalue weighted by molar-refractivity contribution is 5.94. The Morgan fingerprint density at radius 1 is 1.37 bits per heavy atom. The van der Waals surface area contributed by atoms with Gasteiger partial charge in [-0.05, 0) is 62.4 Å². The maximum atomic E-state index is 13.3. The minimum absolute atomic E-state index is 0.0613. The van der Waals surface area contributed by atoms with Gasteiger partial charge in [-0.1, -0.05) is 0 Å². The first-order valence-corrected chi connectivity index (χ1v) is 6.86. The molecule has 1 aliphatic heterocycles. The quantitative estimate of drug-likeness (QED) is 0.910. The highest BCUT2D eigenvalue weighted by atomic mass is 19.1. The Balaban J connectivity index is 2.01. The van der Waals surface area contributed by atoms with Crippen LogP contribution in [0.25, 0.3) is 0 Å². The molecule has 0 unspecified atom stereocenters. The van der Waals surface area contributed by atoms with E-state index in [2.05, 4.69) is 0 Å². The van der Waals surface area contributed by atoms with Crippen LogP contribution >= 0.6 is 0 Å². The van der Waals surface area contributed by atoms with Gasteiger partial charge in [-0.25, -0.2) is 4.39 Å². The van der Waals surface area contributed by atoms with Crippen LogP contribution in [0.4, 0.5) is 4.39 Å². The fourth-order valence-corrected chi connectivity index (χ4v) is 2.70. The van der Waals surface area contributed by atoms with Crippen molar-refractivity contribution < 1.29 is 9.18 Å². The van der Waals surface area contributed by atoms with Gasteiger partial charge in [0.05, 0.1) is 0 Å². The topological polar surface area (TPSA) is 46.3 Å². The molecule has 0 spiro atoms. The molecule has 1 aromatic rings. The Morgan fingerprint density at radius 2 is 2.05 bits per heavy atom. The van der Waals surface area contributed by atoms with Gasteiger partial charge in [0.15, 0.2) is 0 Å². The number of piperidine rings is 1. The number of aryl methyl sites for hydroxylation is 1. The molecule has 4 heteroatoms. The van der Waals surface area contributed by atoms with Crippen molar-refractivity contribution in [1.29, 1.82) is 0 Å². The summed E-state index contributed by atoms with van der Waals surface area (Å²) in [5.41, 5.74) is 6.79. The summed E-state index contributed by atoms with van der Waals surface area (Å²) in [6, 6.07) is 4.50. The van der Waals surface area contributed by atoms with Gasteiger partial charge in [-0.15, -0.1) is 0 Å². The number of halogens is 1. The second-order valence-corrected chi connectivity index (χ2v) is 5.33. The largest absolute Gasteiger partial charge is 0.339 e. The summed E-state index contributed by atoms with van der Waals surface area (Å²) in [4.78, 5) is 14.1. The monoisotopic (exact) mass is 264 g/mol. The summed E-state index contributed by atoms with van der Waals surface area (Å²) in [6.45, 7) is 4.01. The van der Waals surface area contributed by atoms with Crippen molar-refractivity contribution in [2.45, 2.75) is 26.2 Å². The molecule has 1 aromatic carbocycles. The van der Waals surface area contributed by atoms with Crippen LogP contribution in [0.2, 0.25) is 0 Å². The molecule has 1 heterocycles. The number of nitrogens with zero attached hydrogens (tertiary/aromatic N) is 1. The van der Waals surface area contributed by atoms with Gasteiger partial charge in [0.1, 0.15) is 5.82 Å². The van der Waals surface area contributed by atoms with Crippen molar-refractivity contribution in [1.82, 2.24) is 4.90 Å². The van der Waals surface area contributed by atoms with E-state index in [9.17, 15) is 9.18 Å². The lowest BCUT2D eigenvalue weighted by molar-refractivity contribution is 0.0687. The highest BCUT2D eigenvalue weighted by Gasteiger charge is 2.23. The standard InChI is InChI=1S/C15H21FN2O/c1-11-8-13(10-14(16)9-11)15(19)18-6-3-12(2-5-17)4-7-18/h8-10,12H,2-7,17H2,1H3. The molecular formula is C15H21FN2O. The second kappa shape index (κ2) is 6.15. The van der Waals surface area contributed by atoms with Crippen molar-refractivity contribution in [3.8, 4) is 0 Å². The number of hydrogen-bond donors (Lipinski definition) is 1. The van der Waals surface area contributed by atoms with E-state index in [0.717, 1.165) is 37.9 Å². The third kappa shape index (κ3) is 3.53. The summed E-state index contributed by atoms with van der Waals surface area (Å²) in [6.07, 6.45) is 3.02. The number of benzene rings is 1. The summed E-state index contributed by atoms with van der Waals surface area (Å²) in [5, 5.41) is 0. The number of nitrogens with two attached hydrogens (primary N) is 1. The summed E-state index contributed by atoms with van der Waals surface area (Å²) < 4.78 is 13.3. The average molecular weight is 264 g/mol. The molecule has 0 aromatic heterocycles. The molecule has 3 nitrogen and oxygen atoms in total. The van der Waals surface area contributed by atoms with Gasteiger partial charge in [0.25, 0.3) is 5.91 Å². The van der Waals surface area contributed by atoms with Crippen LogP contribution in [0, 0.1) is 18.7 Å². The van der Waals surface area contributed by atoms with Gasteiger partial charge in [0, 0.05) is 18.7 Å². The number of amides is 1. The molecule has 1 amide bonds. The van der Waals surface area contributed by atoms with E-state index in [1.165, 1.54) is 12.1 Å². The summed E-state index contributed by atoms with van der Waals surface area (Å²) in [7, 11) is 0. The predicted octanol–water partition coefficient (Wildman–Crippen LogP) is 2.34. The Morgan fingerprint density at radius 3 is 2.63 bits per heavy atom. The Bertz CT molecular complexity index is 433. The molecule has 104 valence electrons. The molecule has 2 rings (SSSR count). The third-order valence-corrected chi connectivity index (χ3v) is 3.77. The number of rotatable bonds is 3. The molecular weight excluding hydrogens is 243 g/mol. The lowest BCUT2D eigenvalue weighted by Gasteiger charge is -2.32. The fourth-order valence-electron chi connectivity index (χ4n) is 2.70. The van der Waals surface area contributed by atoms with E-state index in [0.29, 0.717) is 18.0 Å². The minimum atomic E-state index is -0.346. The van der Waals surface area contributed by atoms with E-state index in [1.54, 1.807) is 13.0 Å². The molecule has 1 fully saturated rings. The molecule has 1 saturated heterocycles. The minimum Gasteiger partial charge on any atom is -0.339 e. The van der Waals surface area contributed by atoms with Crippen LogP contribution in [0.3, 0.4) is 0 Å². The zero-order chi connectivity index (χ0) is 13.8. The smallest absolute Gasteiger partial charge is 0.253 e. The van der Waals surface area contributed by atoms with Crippen molar-refractivity contribution >= 4 is 5.91 Å². The second-order valence-electron chi connectivity index (χ2n) is 5.33. The van der Waals surface area contributed by atoms with Crippen molar-refractivity contribution in [3.63, 3.8) is 0 Å². The molecule has 2 N–H and O–H groups in total. The van der Waals surface area contributed by atoms with Crippen LogP contribution < -0.4 is 5.73 Å². The van der Waals surface area contributed by atoms with Gasteiger partial charge in [-0.3, -0.25) is 4.79 Å². The molecule has 0 atom stereocenters. The van der Waals surface area contributed by atoms with E-state index in [4.69, 9.17) is 5.73 Å². The van der Waals surface area contributed by atoms with Gasteiger partial charge in [0.2, 0.25) is 0 Å². The van der Waals surface area contributed by atoms with Crippen LogP contribution in [-0.4, -0.2) is 30.4 Å². The Labute approximate surface area is 113 Å². The van der Waals surface area contributed by atoms with Crippen molar-refractivity contribution in [2.75, 3.05) is 19.6 Å². The normalized spacial score (nSPS) is 16.7. The molecule has 0 aliphatic carbocycles. The molecule has 0 bridgehead atoms. The van der Waals surface area contributed by atoms with E-state index >= 15 is 0 Å². The van der Waals surface area contributed by atoms with E-state index < -0.39 is 0 Å². The zero-order valence-electron chi connectivity index (χ0n) is 11.4. The van der Waals surface area contributed by atoms with Crippen LogP contribution in [0.5, 0.6) is 0 Å². The summed E-state index contributed by atoms with van der Waals surface area (Å²) >= 11 is 0.